The number of phenols is 1. The minimum absolute atomic E-state index is 0.249. The zero-order chi connectivity index (χ0) is 14.7. The fourth-order valence-electron chi connectivity index (χ4n) is 2.88. The number of phenolic OH excluding ortho intramolecular Hbond substituents is 1. The molecule has 21 heavy (non-hydrogen) atoms. The summed E-state index contributed by atoms with van der Waals surface area (Å²) in [6.45, 7) is 0. The lowest BCUT2D eigenvalue weighted by molar-refractivity contribution is 0.393. The van der Waals surface area contributed by atoms with E-state index in [1.165, 1.54) is 32.1 Å². The van der Waals surface area contributed by atoms with Crippen LogP contribution in [0, 0.1) is 3.57 Å². The van der Waals surface area contributed by atoms with Crippen molar-refractivity contribution in [1.29, 1.82) is 0 Å². The lowest BCUT2D eigenvalue weighted by Crippen LogP contribution is -2.04. The van der Waals surface area contributed by atoms with Gasteiger partial charge in [-0.05, 0) is 53.6 Å². The molecule has 3 rings (SSSR count). The molecule has 1 aliphatic carbocycles. The largest absolute Gasteiger partial charge is 0.507 e. The van der Waals surface area contributed by atoms with Gasteiger partial charge < -0.3 is 9.63 Å². The Balaban J connectivity index is 1.79. The maximum atomic E-state index is 9.79. The predicted octanol–water partition coefficient (Wildman–Crippen LogP) is 4.87. The van der Waals surface area contributed by atoms with Crippen LogP contribution in [0.1, 0.15) is 56.7 Å². The Morgan fingerprint density at radius 3 is 2.52 bits per heavy atom. The molecular weight excluding hydrogens is 379 g/mol. The van der Waals surface area contributed by atoms with Crippen molar-refractivity contribution in [3.63, 3.8) is 0 Å². The van der Waals surface area contributed by atoms with Crippen LogP contribution in [0.3, 0.4) is 0 Å². The number of aromatic nitrogens is 2. The number of benzene rings is 1. The molecule has 0 unspecified atom stereocenters. The van der Waals surface area contributed by atoms with Gasteiger partial charge in [-0.3, -0.25) is 0 Å². The summed E-state index contributed by atoms with van der Waals surface area (Å²) in [6.07, 6.45) is 8.77. The number of rotatable bonds is 2. The quantitative estimate of drug-likeness (QED) is 0.733. The van der Waals surface area contributed by atoms with E-state index in [1.807, 2.05) is 12.1 Å². The van der Waals surface area contributed by atoms with Gasteiger partial charge in [0.1, 0.15) is 5.75 Å². The summed E-state index contributed by atoms with van der Waals surface area (Å²) in [4.78, 5) is 4.56. The van der Waals surface area contributed by atoms with Gasteiger partial charge in [-0.1, -0.05) is 37.3 Å². The van der Waals surface area contributed by atoms with Crippen molar-refractivity contribution < 1.29 is 9.63 Å². The van der Waals surface area contributed by atoms with Gasteiger partial charge in [0.15, 0.2) is 5.82 Å². The fraction of sp³-hybridized carbons (Fsp3) is 0.500. The zero-order valence-electron chi connectivity index (χ0n) is 11.9. The molecule has 0 amide bonds. The Hall–Kier alpha value is -1.11. The summed E-state index contributed by atoms with van der Waals surface area (Å²) < 4.78 is 6.21. The van der Waals surface area contributed by atoms with E-state index < -0.39 is 0 Å². The van der Waals surface area contributed by atoms with Crippen LogP contribution in [0.15, 0.2) is 22.7 Å². The normalized spacial score (nSPS) is 17.4. The lowest BCUT2D eigenvalue weighted by atomic mass is 9.91. The average molecular weight is 398 g/mol. The third-order valence-electron chi connectivity index (χ3n) is 4.11. The Labute approximate surface area is 138 Å². The summed E-state index contributed by atoms with van der Waals surface area (Å²) in [6, 6.07) is 5.43. The summed E-state index contributed by atoms with van der Waals surface area (Å²) in [5.41, 5.74) is 0.775. The van der Waals surface area contributed by atoms with Crippen molar-refractivity contribution in [2.75, 3.05) is 0 Å². The molecule has 0 radical (unpaired) electrons. The van der Waals surface area contributed by atoms with E-state index in [0.29, 0.717) is 11.8 Å². The molecule has 0 spiro atoms. The maximum absolute atomic E-state index is 9.79. The van der Waals surface area contributed by atoms with E-state index >= 15 is 0 Å². The van der Waals surface area contributed by atoms with Gasteiger partial charge in [0.25, 0.3) is 5.89 Å². The zero-order valence-corrected chi connectivity index (χ0v) is 14.0. The first-order valence-electron chi connectivity index (χ1n) is 7.56. The van der Waals surface area contributed by atoms with Crippen LogP contribution in [-0.4, -0.2) is 15.2 Å². The second-order valence-electron chi connectivity index (χ2n) is 5.67. The predicted molar refractivity (Wildman–Crippen MR) is 89.2 cm³/mol. The Morgan fingerprint density at radius 1 is 1.10 bits per heavy atom. The molecule has 5 heteroatoms. The number of halogens is 1. The number of aromatic hydroxyl groups is 1. The molecule has 2 aromatic rings. The van der Waals surface area contributed by atoms with Crippen LogP contribution < -0.4 is 0 Å². The summed E-state index contributed by atoms with van der Waals surface area (Å²) in [5.74, 6) is 1.99. The molecule has 1 aromatic heterocycles. The first-order chi connectivity index (χ1) is 10.2. The van der Waals surface area contributed by atoms with E-state index in [0.717, 1.165) is 27.8 Å². The summed E-state index contributed by atoms with van der Waals surface area (Å²) in [5, 5.41) is 14.0. The second kappa shape index (κ2) is 6.77. The van der Waals surface area contributed by atoms with Crippen molar-refractivity contribution in [3.05, 3.63) is 27.6 Å². The number of nitrogens with zero attached hydrogens (tertiary/aromatic N) is 2. The molecule has 1 aliphatic rings. The smallest absolute Gasteiger partial charge is 0.258 e. The van der Waals surface area contributed by atoms with E-state index in [-0.39, 0.29) is 5.75 Å². The molecule has 1 aromatic carbocycles. The van der Waals surface area contributed by atoms with Crippen molar-refractivity contribution in [2.24, 2.45) is 0 Å². The van der Waals surface area contributed by atoms with Gasteiger partial charge in [0.05, 0.1) is 3.57 Å². The van der Waals surface area contributed by atoms with Crippen molar-refractivity contribution >= 4 is 22.6 Å². The third kappa shape index (κ3) is 3.56. The molecular formula is C16H19IN2O2. The van der Waals surface area contributed by atoms with Gasteiger partial charge >= 0.3 is 0 Å². The number of hydrogen-bond donors (Lipinski definition) is 1. The topological polar surface area (TPSA) is 59.2 Å². The van der Waals surface area contributed by atoms with Gasteiger partial charge in [-0.15, -0.1) is 0 Å². The molecule has 1 fully saturated rings. The highest BCUT2D eigenvalue weighted by atomic mass is 127. The van der Waals surface area contributed by atoms with Crippen LogP contribution in [-0.2, 0) is 0 Å². The number of hydrogen-bond acceptors (Lipinski definition) is 4. The van der Waals surface area contributed by atoms with Gasteiger partial charge in [-0.25, -0.2) is 0 Å². The standard InChI is InChI=1S/C16H19IN2O2/c17-13-9-8-12(10-14(13)20)16-18-15(19-21-16)11-6-4-2-1-3-5-7-11/h8-11,20H,1-7H2. The monoisotopic (exact) mass is 398 g/mol. The molecule has 4 nitrogen and oxygen atoms in total. The van der Waals surface area contributed by atoms with Gasteiger partial charge in [0.2, 0.25) is 0 Å². The van der Waals surface area contributed by atoms with Crippen LogP contribution in [0.2, 0.25) is 0 Å². The van der Waals surface area contributed by atoms with Crippen LogP contribution in [0.4, 0.5) is 0 Å². The second-order valence-corrected chi connectivity index (χ2v) is 6.83. The third-order valence-corrected chi connectivity index (χ3v) is 5.02. The summed E-state index contributed by atoms with van der Waals surface area (Å²) >= 11 is 2.09. The minimum atomic E-state index is 0.249. The molecule has 0 aliphatic heterocycles. The van der Waals surface area contributed by atoms with E-state index in [9.17, 15) is 5.11 Å². The van der Waals surface area contributed by atoms with Crippen molar-refractivity contribution in [2.45, 2.75) is 50.9 Å². The van der Waals surface area contributed by atoms with Crippen LogP contribution >= 0.6 is 22.6 Å². The highest BCUT2D eigenvalue weighted by molar-refractivity contribution is 14.1. The van der Waals surface area contributed by atoms with Gasteiger partial charge in [0, 0.05) is 11.5 Å². The average Bonchev–Trinajstić information content (AvgIpc) is 2.91. The van der Waals surface area contributed by atoms with Crippen molar-refractivity contribution in [1.82, 2.24) is 10.1 Å². The maximum Gasteiger partial charge on any atom is 0.258 e. The van der Waals surface area contributed by atoms with Gasteiger partial charge in [-0.2, -0.15) is 4.98 Å². The first kappa shape index (κ1) is 14.8. The van der Waals surface area contributed by atoms with Crippen LogP contribution in [0.25, 0.3) is 11.5 Å². The van der Waals surface area contributed by atoms with E-state index in [2.05, 4.69) is 32.7 Å². The Kier molecular flexibility index (Phi) is 4.77. The van der Waals surface area contributed by atoms with E-state index in [1.54, 1.807) is 6.07 Å². The molecule has 0 atom stereocenters. The molecule has 112 valence electrons. The highest BCUT2D eigenvalue weighted by Crippen LogP contribution is 2.31. The van der Waals surface area contributed by atoms with Crippen LogP contribution in [0.5, 0.6) is 5.75 Å². The summed E-state index contributed by atoms with van der Waals surface area (Å²) in [7, 11) is 0. The molecule has 1 heterocycles. The molecule has 1 saturated carbocycles. The SMILES string of the molecule is Oc1cc(-c2nc(C3CCCCCCC3)no2)ccc1I. The Bertz CT molecular complexity index is 604. The molecule has 1 N–H and O–H groups in total. The Morgan fingerprint density at radius 2 is 1.81 bits per heavy atom. The molecule has 0 bridgehead atoms. The highest BCUT2D eigenvalue weighted by Gasteiger charge is 2.20. The minimum Gasteiger partial charge on any atom is -0.507 e. The van der Waals surface area contributed by atoms with E-state index in [4.69, 9.17) is 4.52 Å². The van der Waals surface area contributed by atoms with Crippen molar-refractivity contribution in [3.8, 4) is 17.2 Å². The molecule has 0 saturated heterocycles. The lowest BCUT2D eigenvalue weighted by Gasteiger charge is -2.15. The fourth-order valence-corrected chi connectivity index (χ4v) is 3.21. The first-order valence-corrected chi connectivity index (χ1v) is 8.64.